The van der Waals surface area contributed by atoms with Gasteiger partial charge in [0.15, 0.2) is 0 Å². The highest BCUT2D eigenvalue weighted by Gasteiger charge is 2.15. The van der Waals surface area contributed by atoms with Crippen LogP contribution >= 0.6 is 0 Å². The molecular formula is C15H24N4O. The van der Waals surface area contributed by atoms with E-state index in [4.69, 9.17) is 4.74 Å². The van der Waals surface area contributed by atoms with Crippen LogP contribution in [0.4, 0.5) is 5.82 Å². The Morgan fingerprint density at radius 3 is 3.15 bits per heavy atom. The molecule has 3 rings (SSSR count). The SMILES string of the molecule is c1nc(CC[C@H]2CCCN2)cc(N2CCCOCC2)n1. The van der Waals surface area contributed by atoms with Crippen LogP contribution in [0.1, 0.15) is 31.4 Å². The number of hydrogen-bond acceptors (Lipinski definition) is 5. The summed E-state index contributed by atoms with van der Waals surface area (Å²) in [5.41, 5.74) is 1.16. The van der Waals surface area contributed by atoms with Crippen LogP contribution in [0, 0.1) is 0 Å². The van der Waals surface area contributed by atoms with Crippen LogP contribution in [-0.2, 0) is 11.2 Å². The lowest BCUT2D eigenvalue weighted by Gasteiger charge is -2.21. The molecule has 1 aromatic rings. The van der Waals surface area contributed by atoms with Gasteiger partial charge in [-0.15, -0.1) is 0 Å². The fourth-order valence-electron chi connectivity index (χ4n) is 3.00. The molecule has 0 spiro atoms. The predicted octanol–water partition coefficient (Wildman–Crippen LogP) is 1.39. The Balaban J connectivity index is 1.59. The van der Waals surface area contributed by atoms with Crippen molar-refractivity contribution in [2.45, 2.75) is 38.1 Å². The number of ether oxygens (including phenoxy) is 1. The Morgan fingerprint density at radius 2 is 2.25 bits per heavy atom. The van der Waals surface area contributed by atoms with Crippen LogP contribution in [0.25, 0.3) is 0 Å². The van der Waals surface area contributed by atoms with Crippen molar-refractivity contribution in [1.82, 2.24) is 15.3 Å². The molecular weight excluding hydrogens is 252 g/mol. The van der Waals surface area contributed by atoms with E-state index in [1.165, 1.54) is 25.8 Å². The van der Waals surface area contributed by atoms with Crippen molar-refractivity contribution in [3.05, 3.63) is 18.1 Å². The highest BCUT2D eigenvalue weighted by Crippen LogP contribution is 2.16. The largest absolute Gasteiger partial charge is 0.380 e. The number of nitrogens with one attached hydrogen (secondary N) is 1. The first kappa shape index (κ1) is 13.8. The van der Waals surface area contributed by atoms with Gasteiger partial charge in [-0.1, -0.05) is 0 Å². The maximum Gasteiger partial charge on any atom is 0.132 e. The summed E-state index contributed by atoms with van der Waals surface area (Å²) < 4.78 is 5.50. The molecule has 2 aliphatic heterocycles. The number of anilines is 1. The second-order valence-corrected chi connectivity index (χ2v) is 5.65. The molecule has 110 valence electrons. The van der Waals surface area contributed by atoms with Gasteiger partial charge in [-0.2, -0.15) is 0 Å². The maximum atomic E-state index is 5.50. The Hall–Kier alpha value is -1.20. The van der Waals surface area contributed by atoms with Crippen LogP contribution in [-0.4, -0.2) is 48.9 Å². The molecule has 3 heterocycles. The zero-order valence-corrected chi connectivity index (χ0v) is 12.1. The maximum absolute atomic E-state index is 5.50. The lowest BCUT2D eigenvalue weighted by molar-refractivity contribution is 0.152. The predicted molar refractivity (Wildman–Crippen MR) is 79.0 cm³/mol. The second-order valence-electron chi connectivity index (χ2n) is 5.65. The molecule has 0 saturated carbocycles. The van der Waals surface area contributed by atoms with Crippen LogP contribution in [0.5, 0.6) is 0 Å². The summed E-state index contributed by atoms with van der Waals surface area (Å²) in [5, 5.41) is 3.54. The summed E-state index contributed by atoms with van der Waals surface area (Å²) in [6.45, 7) is 4.79. The van der Waals surface area contributed by atoms with E-state index in [9.17, 15) is 0 Å². The van der Waals surface area contributed by atoms with Crippen molar-refractivity contribution < 1.29 is 4.74 Å². The highest BCUT2D eigenvalue weighted by atomic mass is 16.5. The molecule has 2 fully saturated rings. The van der Waals surface area contributed by atoms with E-state index >= 15 is 0 Å². The fourth-order valence-corrected chi connectivity index (χ4v) is 3.00. The molecule has 0 bridgehead atoms. The average Bonchev–Trinajstić information content (AvgIpc) is 2.86. The smallest absolute Gasteiger partial charge is 0.132 e. The van der Waals surface area contributed by atoms with Crippen LogP contribution < -0.4 is 10.2 Å². The van der Waals surface area contributed by atoms with Gasteiger partial charge in [0.1, 0.15) is 12.1 Å². The lowest BCUT2D eigenvalue weighted by Crippen LogP contribution is -2.27. The standard InChI is InChI=1S/C15H24N4O/c1-3-13(16-6-1)4-5-14-11-15(18-12-17-14)19-7-2-9-20-10-8-19/h11-13,16H,1-10H2/t13-/m1/s1. The molecule has 1 atom stereocenters. The van der Waals surface area contributed by atoms with Gasteiger partial charge >= 0.3 is 0 Å². The first-order chi connectivity index (χ1) is 9.92. The quantitative estimate of drug-likeness (QED) is 0.900. The summed E-state index contributed by atoms with van der Waals surface area (Å²) >= 11 is 0. The molecule has 1 aromatic heterocycles. The zero-order chi connectivity index (χ0) is 13.6. The van der Waals surface area contributed by atoms with E-state index in [2.05, 4.69) is 26.3 Å². The first-order valence-corrected chi connectivity index (χ1v) is 7.79. The Labute approximate surface area is 120 Å². The normalized spacial score (nSPS) is 23.8. The van der Waals surface area contributed by atoms with Crippen LogP contribution in [0.15, 0.2) is 12.4 Å². The van der Waals surface area contributed by atoms with Crippen molar-refractivity contribution >= 4 is 5.82 Å². The van der Waals surface area contributed by atoms with Crippen molar-refractivity contribution in [3.8, 4) is 0 Å². The number of rotatable bonds is 4. The fraction of sp³-hybridized carbons (Fsp3) is 0.733. The molecule has 20 heavy (non-hydrogen) atoms. The third kappa shape index (κ3) is 3.67. The minimum absolute atomic E-state index is 0.681. The van der Waals surface area contributed by atoms with Crippen LogP contribution in [0.3, 0.4) is 0 Å². The third-order valence-corrected chi connectivity index (χ3v) is 4.17. The Morgan fingerprint density at radius 1 is 1.25 bits per heavy atom. The van der Waals surface area contributed by atoms with Gasteiger partial charge < -0.3 is 15.0 Å². The molecule has 0 aliphatic carbocycles. The van der Waals surface area contributed by atoms with Crippen molar-refractivity contribution in [2.24, 2.45) is 0 Å². The summed E-state index contributed by atoms with van der Waals surface area (Å²) in [7, 11) is 0. The van der Waals surface area contributed by atoms with Crippen LogP contribution in [0.2, 0.25) is 0 Å². The van der Waals surface area contributed by atoms with Crippen molar-refractivity contribution in [1.29, 1.82) is 0 Å². The molecule has 5 nitrogen and oxygen atoms in total. The zero-order valence-electron chi connectivity index (χ0n) is 12.1. The van der Waals surface area contributed by atoms with E-state index in [0.717, 1.165) is 50.7 Å². The van der Waals surface area contributed by atoms with Gasteiger partial charge in [0, 0.05) is 37.5 Å². The van der Waals surface area contributed by atoms with Gasteiger partial charge in [0.05, 0.1) is 6.61 Å². The highest BCUT2D eigenvalue weighted by molar-refractivity contribution is 5.39. The monoisotopic (exact) mass is 276 g/mol. The number of hydrogen-bond donors (Lipinski definition) is 1. The minimum Gasteiger partial charge on any atom is -0.380 e. The summed E-state index contributed by atoms with van der Waals surface area (Å²) in [4.78, 5) is 11.2. The number of aromatic nitrogens is 2. The van der Waals surface area contributed by atoms with E-state index in [0.29, 0.717) is 6.04 Å². The van der Waals surface area contributed by atoms with Gasteiger partial charge in [0.25, 0.3) is 0 Å². The third-order valence-electron chi connectivity index (χ3n) is 4.17. The first-order valence-electron chi connectivity index (χ1n) is 7.79. The molecule has 2 saturated heterocycles. The Kier molecular flexibility index (Phi) is 4.82. The molecule has 5 heteroatoms. The van der Waals surface area contributed by atoms with E-state index in [1.807, 2.05) is 0 Å². The topological polar surface area (TPSA) is 50.3 Å². The Bertz CT molecular complexity index is 412. The molecule has 0 amide bonds. The molecule has 0 radical (unpaired) electrons. The molecule has 0 aromatic carbocycles. The molecule has 2 aliphatic rings. The van der Waals surface area contributed by atoms with Gasteiger partial charge in [-0.3, -0.25) is 0 Å². The lowest BCUT2D eigenvalue weighted by atomic mass is 10.1. The minimum atomic E-state index is 0.681. The molecule has 0 unspecified atom stereocenters. The second kappa shape index (κ2) is 6.99. The van der Waals surface area contributed by atoms with Crippen molar-refractivity contribution in [3.63, 3.8) is 0 Å². The molecule has 1 N–H and O–H groups in total. The number of aryl methyl sites for hydroxylation is 1. The average molecular weight is 276 g/mol. The summed E-state index contributed by atoms with van der Waals surface area (Å²) in [6, 6.07) is 2.83. The number of nitrogens with zero attached hydrogens (tertiary/aromatic N) is 3. The van der Waals surface area contributed by atoms with Gasteiger partial charge in [-0.25, -0.2) is 9.97 Å². The van der Waals surface area contributed by atoms with E-state index in [-0.39, 0.29) is 0 Å². The van der Waals surface area contributed by atoms with E-state index in [1.54, 1.807) is 6.33 Å². The summed E-state index contributed by atoms with van der Waals surface area (Å²) in [5.74, 6) is 1.06. The van der Waals surface area contributed by atoms with Gasteiger partial charge in [0.2, 0.25) is 0 Å². The van der Waals surface area contributed by atoms with Gasteiger partial charge in [-0.05, 0) is 38.6 Å². The van der Waals surface area contributed by atoms with Crippen molar-refractivity contribution in [2.75, 3.05) is 37.7 Å². The van der Waals surface area contributed by atoms with E-state index < -0.39 is 0 Å². The summed E-state index contributed by atoms with van der Waals surface area (Å²) in [6.07, 6.45) is 7.62.